The molecule has 1 aliphatic rings. The quantitative estimate of drug-likeness (QED) is 0.780. The fourth-order valence-electron chi connectivity index (χ4n) is 3.02. The number of aromatic nitrogens is 3. The Kier molecular flexibility index (Phi) is 5.91. The molecule has 0 N–H and O–H groups in total. The third-order valence-corrected chi connectivity index (χ3v) is 5.30. The molecule has 0 atom stereocenters. The molecule has 0 bridgehead atoms. The van der Waals surface area contributed by atoms with Gasteiger partial charge in [0.05, 0.1) is 5.75 Å². The molecule has 0 saturated carbocycles. The second-order valence-electron chi connectivity index (χ2n) is 6.00. The first-order chi connectivity index (χ1) is 11.8. The molecular formula is C18H24N4OS. The number of rotatable bonds is 5. The van der Waals surface area contributed by atoms with Crippen LogP contribution in [0.2, 0.25) is 0 Å². The number of hydrogen-bond donors (Lipinski definition) is 0. The van der Waals surface area contributed by atoms with Gasteiger partial charge in [-0.05, 0) is 19.8 Å². The summed E-state index contributed by atoms with van der Waals surface area (Å²) in [6.45, 7) is 4.66. The minimum Gasteiger partial charge on any atom is -0.342 e. The second kappa shape index (κ2) is 8.33. The number of benzene rings is 1. The van der Waals surface area contributed by atoms with Gasteiger partial charge >= 0.3 is 0 Å². The Hall–Kier alpha value is -1.82. The van der Waals surface area contributed by atoms with E-state index in [0.29, 0.717) is 5.75 Å². The average Bonchev–Trinajstić information content (AvgIpc) is 2.84. The molecular weight excluding hydrogens is 320 g/mol. The topological polar surface area (TPSA) is 51.0 Å². The first-order valence-corrected chi connectivity index (χ1v) is 9.67. The van der Waals surface area contributed by atoms with E-state index in [-0.39, 0.29) is 5.91 Å². The Balaban J connectivity index is 1.67. The van der Waals surface area contributed by atoms with Crippen molar-refractivity contribution in [3.63, 3.8) is 0 Å². The summed E-state index contributed by atoms with van der Waals surface area (Å²) in [6, 6.07) is 10.1. The molecule has 0 aliphatic carbocycles. The summed E-state index contributed by atoms with van der Waals surface area (Å²) in [7, 11) is 0. The van der Waals surface area contributed by atoms with Gasteiger partial charge in [-0.1, -0.05) is 54.9 Å². The number of carbonyl (C=O) groups excluding carboxylic acids is 1. The largest absolute Gasteiger partial charge is 0.342 e. The summed E-state index contributed by atoms with van der Waals surface area (Å²) < 4.78 is 2.08. The highest BCUT2D eigenvalue weighted by Gasteiger charge is 2.18. The van der Waals surface area contributed by atoms with Crippen LogP contribution in [0.5, 0.6) is 0 Å². The van der Waals surface area contributed by atoms with Gasteiger partial charge in [-0.25, -0.2) is 0 Å². The third kappa shape index (κ3) is 3.98. The molecule has 0 unspecified atom stereocenters. The SMILES string of the molecule is CCn1c(SCC(=O)N2CCCCCC2)nnc1-c1ccccc1. The van der Waals surface area contributed by atoms with Crippen LogP contribution in [0.15, 0.2) is 35.5 Å². The van der Waals surface area contributed by atoms with Crippen LogP contribution in [0.1, 0.15) is 32.6 Å². The van der Waals surface area contributed by atoms with Crippen LogP contribution < -0.4 is 0 Å². The van der Waals surface area contributed by atoms with Crippen LogP contribution in [-0.4, -0.2) is 44.4 Å². The monoisotopic (exact) mass is 344 g/mol. The van der Waals surface area contributed by atoms with Gasteiger partial charge in [0.15, 0.2) is 11.0 Å². The summed E-state index contributed by atoms with van der Waals surface area (Å²) in [4.78, 5) is 14.5. The van der Waals surface area contributed by atoms with Gasteiger partial charge in [0.2, 0.25) is 5.91 Å². The van der Waals surface area contributed by atoms with Gasteiger partial charge in [-0.3, -0.25) is 4.79 Å². The second-order valence-corrected chi connectivity index (χ2v) is 6.94. The Morgan fingerprint density at radius 3 is 2.46 bits per heavy atom. The molecule has 1 fully saturated rings. The molecule has 6 heteroatoms. The summed E-state index contributed by atoms with van der Waals surface area (Å²) in [6.07, 6.45) is 4.72. The predicted molar refractivity (Wildman–Crippen MR) is 96.9 cm³/mol. The number of thioether (sulfide) groups is 1. The highest BCUT2D eigenvalue weighted by atomic mass is 32.2. The van der Waals surface area contributed by atoms with Crippen LogP contribution in [0.3, 0.4) is 0 Å². The predicted octanol–water partition coefficient (Wildman–Crippen LogP) is 3.46. The lowest BCUT2D eigenvalue weighted by Gasteiger charge is -2.19. The molecule has 3 rings (SSSR count). The molecule has 5 nitrogen and oxygen atoms in total. The first-order valence-electron chi connectivity index (χ1n) is 8.68. The molecule has 1 saturated heterocycles. The van der Waals surface area contributed by atoms with E-state index < -0.39 is 0 Å². The number of hydrogen-bond acceptors (Lipinski definition) is 4. The number of amides is 1. The molecule has 1 amide bonds. The number of nitrogens with zero attached hydrogens (tertiary/aromatic N) is 4. The van der Waals surface area contributed by atoms with E-state index in [2.05, 4.69) is 21.7 Å². The lowest BCUT2D eigenvalue weighted by atomic mass is 10.2. The summed E-state index contributed by atoms with van der Waals surface area (Å²) in [5.41, 5.74) is 1.05. The minimum atomic E-state index is 0.216. The molecule has 1 aliphatic heterocycles. The van der Waals surface area contributed by atoms with E-state index in [1.54, 1.807) is 0 Å². The number of likely N-dealkylation sites (tertiary alicyclic amines) is 1. The Morgan fingerprint density at radius 1 is 1.08 bits per heavy atom. The summed E-state index contributed by atoms with van der Waals surface area (Å²) >= 11 is 1.49. The maximum absolute atomic E-state index is 12.4. The number of carbonyl (C=O) groups is 1. The van der Waals surface area contributed by atoms with Crippen LogP contribution >= 0.6 is 11.8 Å². The van der Waals surface area contributed by atoms with Crippen molar-refractivity contribution >= 4 is 17.7 Å². The van der Waals surface area contributed by atoms with Crippen molar-refractivity contribution in [3.8, 4) is 11.4 Å². The van der Waals surface area contributed by atoms with Crippen LogP contribution in [0.4, 0.5) is 0 Å². The summed E-state index contributed by atoms with van der Waals surface area (Å²) in [5, 5.41) is 9.45. The summed E-state index contributed by atoms with van der Waals surface area (Å²) in [5.74, 6) is 1.52. The Bertz CT molecular complexity index is 663. The smallest absolute Gasteiger partial charge is 0.233 e. The van der Waals surface area contributed by atoms with Crippen LogP contribution in [-0.2, 0) is 11.3 Å². The maximum atomic E-state index is 12.4. The van der Waals surface area contributed by atoms with Crippen molar-refractivity contribution in [2.75, 3.05) is 18.8 Å². The zero-order chi connectivity index (χ0) is 16.8. The van der Waals surface area contributed by atoms with E-state index >= 15 is 0 Å². The van der Waals surface area contributed by atoms with Gasteiger partial charge in [0.1, 0.15) is 0 Å². The lowest BCUT2D eigenvalue weighted by molar-refractivity contribution is -0.128. The highest BCUT2D eigenvalue weighted by Crippen LogP contribution is 2.24. The van der Waals surface area contributed by atoms with Gasteiger partial charge in [0.25, 0.3) is 0 Å². The van der Waals surface area contributed by atoms with Crippen molar-refractivity contribution < 1.29 is 4.79 Å². The van der Waals surface area contributed by atoms with E-state index in [4.69, 9.17) is 0 Å². The van der Waals surface area contributed by atoms with Crippen molar-refractivity contribution in [2.24, 2.45) is 0 Å². The molecule has 24 heavy (non-hydrogen) atoms. The molecule has 0 radical (unpaired) electrons. The van der Waals surface area contributed by atoms with E-state index in [1.165, 1.54) is 24.6 Å². The Labute approximate surface area is 147 Å². The zero-order valence-corrected chi connectivity index (χ0v) is 15.0. The molecule has 2 heterocycles. The average molecular weight is 344 g/mol. The van der Waals surface area contributed by atoms with E-state index in [9.17, 15) is 4.79 Å². The normalized spacial score (nSPS) is 15.3. The van der Waals surface area contributed by atoms with Gasteiger partial charge in [0, 0.05) is 25.2 Å². The lowest BCUT2D eigenvalue weighted by Crippen LogP contribution is -2.33. The van der Waals surface area contributed by atoms with Crippen LogP contribution in [0.25, 0.3) is 11.4 Å². The van der Waals surface area contributed by atoms with Crippen molar-refractivity contribution in [1.29, 1.82) is 0 Å². The molecule has 1 aromatic heterocycles. The third-order valence-electron chi connectivity index (χ3n) is 4.35. The fourth-order valence-corrected chi connectivity index (χ4v) is 3.92. The minimum absolute atomic E-state index is 0.216. The molecule has 0 spiro atoms. The molecule has 128 valence electrons. The maximum Gasteiger partial charge on any atom is 0.233 e. The van der Waals surface area contributed by atoms with Gasteiger partial charge < -0.3 is 9.47 Å². The van der Waals surface area contributed by atoms with Crippen molar-refractivity contribution in [1.82, 2.24) is 19.7 Å². The first kappa shape index (κ1) is 17.0. The van der Waals surface area contributed by atoms with Crippen molar-refractivity contribution in [2.45, 2.75) is 44.3 Å². The van der Waals surface area contributed by atoms with Gasteiger partial charge in [-0.2, -0.15) is 0 Å². The fraction of sp³-hybridized carbons (Fsp3) is 0.500. The van der Waals surface area contributed by atoms with Gasteiger partial charge in [-0.15, -0.1) is 10.2 Å². The van der Waals surface area contributed by atoms with E-state index in [1.807, 2.05) is 35.2 Å². The van der Waals surface area contributed by atoms with Crippen molar-refractivity contribution in [3.05, 3.63) is 30.3 Å². The van der Waals surface area contributed by atoms with Crippen LogP contribution in [0, 0.1) is 0 Å². The molecule has 2 aromatic rings. The molecule has 1 aromatic carbocycles. The zero-order valence-electron chi connectivity index (χ0n) is 14.1. The highest BCUT2D eigenvalue weighted by molar-refractivity contribution is 7.99. The Morgan fingerprint density at radius 2 is 1.79 bits per heavy atom. The van der Waals surface area contributed by atoms with E-state index in [0.717, 1.165) is 49.0 Å². The standard InChI is InChI=1S/C18H24N4OS/c1-2-22-17(15-10-6-5-7-11-15)19-20-18(22)24-14-16(23)21-12-8-3-4-9-13-21/h5-7,10-11H,2-4,8-9,12-14H2,1H3.